The maximum Gasteiger partial charge on any atom is 0.158 e. The first-order valence-electron chi connectivity index (χ1n) is 6.50. The maximum absolute atomic E-state index is 12.2. The molecule has 2 aromatic rings. The third kappa shape index (κ3) is 2.39. The quantitative estimate of drug-likeness (QED) is 0.880. The summed E-state index contributed by atoms with van der Waals surface area (Å²) >= 11 is 0. The molecule has 1 unspecified atom stereocenters. The molecule has 1 saturated heterocycles. The zero-order valence-corrected chi connectivity index (χ0v) is 10.9. The van der Waals surface area contributed by atoms with E-state index < -0.39 is 0 Å². The van der Waals surface area contributed by atoms with Crippen LogP contribution < -0.4 is 5.32 Å². The van der Waals surface area contributed by atoms with Gasteiger partial charge in [0, 0.05) is 19.0 Å². The lowest BCUT2D eigenvalue weighted by molar-refractivity contribution is -0.123. The molecule has 1 aromatic carbocycles. The topological polar surface area (TPSA) is 56.2 Å². The predicted molar refractivity (Wildman–Crippen MR) is 72.0 cm³/mol. The van der Waals surface area contributed by atoms with Crippen molar-refractivity contribution < 1.29 is 9.53 Å². The summed E-state index contributed by atoms with van der Waals surface area (Å²) in [5, 5.41) is 8.69. The number of ether oxygens (including phenoxy) is 1. The van der Waals surface area contributed by atoms with Crippen LogP contribution in [-0.2, 0) is 23.0 Å². The van der Waals surface area contributed by atoms with Gasteiger partial charge in [0.1, 0.15) is 0 Å². The molecule has 1 fully saturated rings. The van der Waals surface area contributed by atoms with Crippen LogP contribution >= 0.6 is 0 Å². The monoisotopic (exact) mass is 259 g/mol. The third-order valence-corrected chi connectivity index (χ3v) is 3.49. The number of aromatic nitrogens is 2. The van der Waals surface area contributed by atoms with Crippen molar-refractivity contribution >= 4 is 16.7 Å². The Balaban J connectivity index is 1.83. The Morgan fingerprint density at radius 3 is 3.16 bits per heavy atom. The van der Waals surface area contributed by atoms with Gasteiger partial charge in [0.15, 0.2) is 5.78 Å². The van der Waals surface area contributed by atoms with Crippen LogP contribution in [0, 0.1) is 0 Å². The summed E-state index contributed by atoms with van der Waals surface area (Å²) in [6.07, 6.45) is 0.350. The Hall–Kier alpha value is -1.72. The van der Waals surface area contributed by atoms with Gasteiger partial charge in [0.25, 0.3) is 0 Å². The molecule has 2 heterocycles. The molecule has 0 aliphatic carbocycles. The van der Waals surface area contributed by atoms with E-state index in [0.717, 1.165) is 23.1 Å². The number of nitrogens with zero attached hydrogens (tertiary/aromatic N) is 2. The van der Waals surface area contributed by atoms with Crippen molar-refractivity contribution in [2.75, 3.05) is 19.8 Å². The van der Waals surface area contributed by atoms with Gasteiger partial charge in [-0.2, -0.15) is 5.10 Å². The Kier molecular flexibility index (Phi) is 3.31. The number of nitrogens with one attached hydrogen (secondary N) is 1. The fraction of sp³-hybridized carbons (Fsp3) is 0.429. The Morgan fingerprint density at radius 1 is 1.53 bits per heavy atom. The molecule has 1 aliphatic rings. The summed E-state index contributed by atoms with van der Waals surface area (Å²) in [7, 11) is 1.90. The minimum atomic E-state index is -0.200. The van der Waals surface area contributed by atoms with Crippen LogP contribution in [0.5, 0.6) is 0 Å². The number of fused-ring (bicyclic) bond motifs is 1. The highest BCUT2D eigenvalue weighted by atomic mass is 16.5. The summed E-state index contributed by atoms with van der Waals surface area (Å²) in [5.41, 5.74) is 1.90. The highest BCUT2D eigenvalue weighted by Crippen LogP contribution is 2.18. The van der Waals surface area contributed by atoms with Gasteiger partial charge in [0.05, 0.1) is 36.9 Å². The first kappa shape index (κ1) is 12.3. The van der Waals surface area contributed by atoms with E-state index in [0.29, 0.717) is 19.6 Å². The van der Waals surface area contributed by atoms with Crippen molar-refractivity contribution in [1.82, 2.24) is 15.1 Å². The second-order valence-corrected chi connectivity index (χ2v) is 4.81. The number of benzene rings is 1. The molecule has 0 saturated carbocycles. The number of rotatable bonds is 3. The van der Waals surface area contributed by atoms with E-state index in [4.69, 9.17) is 4.74 Å². The number of carbonyl (C=O) groups is 1. The van der Waals surface area contributed by atoms with E-state index in [-0.39, 0.29) is 11.8 Å². The second-order valence-electron chi connectivity index (χ2n) is 4.81. The van der Waals surface area contributed by atoms with Crippen LogP contribution in [-0.4, -0.2) is 41.4 Å². The van der Waals surface area contributed by atoms with Crippen LogP contribution in [0.2, 0.25) is 0 Å². The summed E-state index contributed by atoms with van der Waals surface area (Å²) in [6, 6.07) is 7.77. The molecule has 5 heteroatoms. The van der Waals surface area contributed by atoms with Crippen LogP contribution in [0.1, 0.15) is 5.69 Å². The van der Waals surface area contributed by atoms with E-state index in [1.807, 2.05) is 36.0 Å². The van der Waals surface area contributed by atoms with Crippen molar-refractivity contribution in [3.05, 3.63) is 30.0 Å². The van der Waals surface area contributed by atoms with Gasteiger partial charge in [-0.3, -0.25) is 9.48 Å². The molecular weight excluding hydrogens is 242 g/mol. The summed E-state index contributed by atoms with van der Waals surface area (Å²) < 4.78 is 7.15. The van der Waals surface area contributed by atoms with E-state index in [1.165, 1.54) is 0 Å². The lowest BCUT2D eigenvalue weighted by Crippen LogP contribution is -2.47. The third-order valence-electron chi connectivity index (χ3n) is 3.49. The minimum Gasteiger partial charge on any atom is -0.378 e. The van der Waals surface area contributed by atoms with Gasteiger partial charge in [-0.1, -0.05) is 18.2 Å². The SMILES string of the molecule is Cn1nc(CC(=O)C2COCCN2)c2ccccc21. The molecule has 1 N–H and O–H groups in total. The van der Waals surface area contributed by atoms with E-state index >= 15 is 0 Å². The first-order chi connectivity index (χ1) is 9.25. The maximum atomic E-state index is 12.2. The first-order valence-corrected chi connectivity index (χ1v) is 6.50. The zero-order valence-electron chi connectivity index (χ0n) is 10.9. The van der Waals surface area contributed by atoms with Crippen LogP contribution in [0.4, 0.5) is 0 Å². The number of carbonyl (C=O) groups excluding carboxylic acids is 1. The molecule has 1 aliphatic heterocycles. The highest BCUT2D eigenvalue weighted by molar-refractivity contribution is 5.91. The predicted octanol–water partition coefficient (Wildman–Crippen LogP) is 0.673. The zero-order chi connectivity index (χ0) is 13.2. The van der Waals surface area contributed by atoms with Crippen molar-refractivity contribution in [1.29, 1.82) is 0 Å². The molecule has 1 aromatic heterocycles. The molecule has 5 nitrogen and oxygen atoms in total. The smallest absolute Gasteiger partial charge is 0.158 e. The Labute approximate surface area is 111 Å². The molecule has 1 atom stereocenters. The number of hydrogen-bond acceptors (Lipinski definition) is 4. The number of Topliss-reactive ketones (excluding diaryl/α,β-unsaturated/α-hetero) is 1. The number of hydrogen-bond donors (Lipinski definition) is 1. The van der Waals surface area contributed by atoms with E-state index in [2.05, 4.69) is 10.4 Å². The number of aryl methyl sites for hydroxylation is 1. The van der Waals surface area contributed by atoms with Crippen molar-refractivity contribution in [2.45, 2.75) is 12.5 Å². The molecule has 3 rings (SSSR count). The van der Waals surface area contributed by atoms with Crippen LogP contribution in [0.15, 0.2) is 24.3 Å². The average Bonchev–Trinajstić information content (AvgIpc) is 2.77. The molecule has 0 spiro atoms. The standard InChI is InChI=1S/C14H17N3O2/c1-17-13-5-3-2-4-10(13)11(16-17)8-14(18)12-9-19-7-6-15-12/h2-5,12,15H,6-9H2,1H3. The largest absolute Gasteiger partial charge is 0.378 e. The van der Waals surface area contributed by atoms with Gasteiger partial charge in [0.2, 0.25) is 0 Å². The number of para-hydroxylation sites is 1. The fourth-order valence-corrected chi connectivity index (χ4v) is 2.48. The van der Waals surface area contributed by atoms with Crippen LogP contribution in [0.3, 0.4) is 0 Å². The number of ketones is 1. The molecular formula is C14H17N3O2. The molecule has 0 bridgehead atoms. The summed E-state index contributed by atoms with van der Waals surface area (Å²) in [4.78, 5) is 12.2. The highest BCUT2D eigenvalue weighted by Gasteiger charge is 2.23. The Morgan fingerprint density at radius 2 is 2.37 bits per heavy atom. The average molecular weight is 259 g/mol. The van der Waals surface area contributed by atoms with Gasteiger partial charge >= 0.3 is 0 Å². The number of morpholine rings is 1. The van der Waals surface area contributed by atoms with Crippen molar-refractivity contribution in [3.63, 3.8) is 0 Å². The van der Waals surface area contributed by atoms with Gasteiger partial charge < -0.3 is 10.1 Å². The van der Waals surface area contributed by atoms with Gasteiger partial charge in [-0.25, -0.2) is 0 Å². The van der Waals surface area contributed by atoms with Gasteiger partial charge in [-0.05, 0) is 6.07 Å². The van der Waals surface area contributed by atoms with Gasteiger partial charge in [-0.15, -0.1) is 0 Å². The molecule has 0 amide bonds. The van der Waals surface area contributed by atoms with E-state index in [1.54, 1.807) is 0 Å². The van der Waals surface area contributed by atoms with Crippen molar-refractivity contribution in [3.8, 4) is 0 Å². The minimum absolute atomic E-state index is 0.142. The van der Waals surface area contributed by atoms with Crippen molar-refractivity contribution in [2.24, 2.45) is 7.05 Å². The summed E-state index contributed by atoms with van der Waals surface area (Å²) in [5.74, 6) is 0.142. The lowest BCUT2D eigenvalue weighted by atomic mass is 10.1. The molecule has 19 heavy (non-hydrogen) atoms. The lowest BCUT2D eigenvalue weighted by Gasteiger charge is -2.22. The molecule has 0 radical (unpaired) electrons. The normalized spacial score (nSPS) is 19.7. The second kappa shape index (κ2) is 5.11. The van der Waals surface area contributed by atoms with Crippen LogP contribution in [0.25, 0.3) is 10.9 Å². The summed E-state index contributed by atoms with van der Waals surface area (Å²) in [6.45, 7) is 1.87. The Bertz CT molecular complexity index is 600. The fourth-order valence-electron chi connectivity index (χ4n) is 2.48. The molecule has 100 valence electrons. The van der Waals surface area contributed by atoms with E-state index in [9.17, 15) is 4.79 Å².